The lowest BCUT2D eigenvalue weighted by Crippen LogP contribution is -2.40. The maximum absolute atomic E-state index is 4.50. The van der Waals surface area contributed by atoms with Crippen LogP contribution in [0.3, 0.4) is 0 Å². The van der Waals surface area contributed by atoms with E-state index in [2.05, 4.69) is 25.6 Å². The Balaban J connectivity index is 1.71. The zero-order valence-corrected chi connectivity index (χ0v) is 10.9. The molecule has 0 unspecified atom stereocenters. The van der Waals surface area contributed by atoms with E-state index < -0.39 is 0 Å². The topological polar surface area (TPSA) is 62.7 Å². The molecule has 5 nitrogen and oxygen atoms in total. The Morgan fingerprint density at radius 2 is 2.21 bits per heavy atom. The molecule has 2 aromatic rings. The highest BCUT2D eigenvalue weighted by Crippen LogP contribution is 2.20. The fraction of sp³-hybridized carbons (Fsp3) is 0.357. The van der Waals surface area contributed by atoms with Gasteiger partial charge in [0.1, 0.15) is 11.6 Å². The highest BCUT2D eigenvalue weighted by Gasteiger charge is 2.21. The maximum Gasteiger partial charge on any atom is 0.130 e. The molecule has 0 amide bonds. The molecule has 3 rings (SSSR count). The van der Waals surface area contributed by atoms with Gasteiger partial charge in [-0.25, -0.2) is 9.97 Å². The van der Waals surface area contributed by atoms with Gasteiger partial charge < -0.3 is 10.6 Å². The van der Waals surface area contributed by atoms with Crippen LogP contribution < -0.4 is 10.6 Å². The van der Waals surface area contributed by atoms with E-state index in [0.717, 1.165) is 36.1 Å². The number of rotatable bonds is 4. The molecule has 3 heterocycles. The van der Waals surface area contributed by atoms with Crippen LogP contribution in [0.1, 0.15) is 23.1 Å². The summed E-state index contributed by atoms with van der Waals surface area (Å²) in [6.45, 7) is 4.63. The largest absolute Gasteiger partial charge is 0.364 e. The first-order valence-electron chi connectivity index (χ1n) is 6.51. The fourth-order valence-electron chi connectivity index (χ4n) is 2.07. The van der Waals surface area contributed by atoms with Gasteiger partial charge >= 0.3 is 0 Å². The van der Waals surface area contributed by atoms with Gasteiger partial charge in [0.15, 0.2) is 0 Å². The number of anilines is 1. The number of pyridine rings is 1. The molecule has 1 aliphatic heterocycles. The van der Waals surface area contributed by atoms with Gasteiger partial charge in [-0.15, -0.1) is 0 Å². The molecule has 0 aromatic carbocycles. The van der Waals surface area contributed by atoms with Gasteiger partial charge in [-0.2, -0.15) is 0 Å². The molecule has 2 N–H and O–H groups in total. The first-order valence-corrected chi connectivity index (χ1v) is 6.51. The molecule has 1 aliphatic rings. The monoisotopic (exact) mass is 255 g/mol. The van der Waals surface area contributed by atoms with Crippen LogP contribution in [0.5, 0.6) is 0 Å². The van der Waals surface area contributed by atoms with Gasteiger partial charge in [0.25, 0.3) is 0 Å². The summed E-state index contributed by atoms with van der Waals surface area (Å²) in [5.41, 5.74) is 2.13. The predicted octanol–water partition coefficient (Wildman–Crippen LogP) is 1.48. The molecule has 1 saturated heterocycles. The van der Waals surface area contributed by atoms with E-state index in [1.807, 2.05) is 31.2 Å². The summed E-state index contributed by atoms with van der Waals surface area (Å²) >= 11 is 0. The Hall–Kier alpha value is -2.01. The molecule has 0 aliphatic carbocycles. The number of nitrogens with zero attached hydrogens (tertiary/aromatic N) is 3. The van der Waals surface area contributed by atoms with Crippen molar-refractivity contribution in [2.45, 2.75) is 19.4 Å². The predicted molar refractivity (Wildman–Crippen MR) is 73.9 cm³/mol. The van der Waals surface area contributed by atoms with E-state index in [9.17, 15) is 0 Å². The van der Waals surface area contributed by atoms with E-state index in [1.54, 1.807) is 6.20 Å². The Morgan fingerprint density at radius 3 is 2.89 bits per heavy atom. The summed E-state index contributed by atoms with van der Waals surface area (Å²) in [6.07, 6.45) is 1.80. The third-order valence-electron chi connectivity index (χ3n) is 3.23. The Labute approximate surface area is 112 Å². The van der Waals surface area contributed by atoms with Crippen LogP contribution in [0, 0.1) is 6.92 Å². The molecule has 19 heavy (non-hydrogen) atoms. The number of aryl methyl sites for hydroxylation is 1. The van der Waals surface area contributed by atoms with Crippen LogP contribution in [-0.2, 0) is 6.54 Å². The highest BCUT2D eigenvalue weighted by molar-refractivity contribution is 5.38. The van der Waals surface area contributed by atoms with E-state index in [-0.39, 0.29) is 0 Å². The third-order valence-corrected chi connectivity index (χ3v) is 3.23. The minimum absolute atomic E-state index is 0.525. The van der Waals surface area contributed by atoms with Gasteiger partial charge in [-0.1, -0.05) is 6.07 Å². The molecule has 1 fully saturated rings. The van der Waals surface area contributed by atoms with Crippen molar-refractivity contribution in [3.8, 4) is 0 Å². The van der Waals surface area contributed by atoms with Crippen molar-refractivity contribution in [3.63, 3.8) is 0 Å². The van der Waals surface area contributed by atoms with E-state index in [4.69, 9.17) is 0 Å². The molecule has 0 atom stereocenters. The standard InChI is InChI=1S/C14H17N5/c1-10-18-13(11-7-15-8-11)6-14(19-10)17-9-12-4-2-3-5-16-12/h2-6,11,15H,7-9H2,1H3,(H,17,18,19). The molecule has 0 bridgehead atoms. The second kappa shape index (κ2) is 5.32. The molecular formula is C14H17N5. The number of aromatic nitrogens is 3. The molecule has 0 saturated carbocycles. The first-order chi connectivity index (χ1) is 9.31. The van der Waals surface area contributed by atoms with Gasteiger partial charge in [-0.3, -0.25) is 4.98 Å². The van der Waals surface area contributed by atoms with Crippen LogP contribution in [0.15, 0.2) is 30.5 Å². The summed E-state index contributed by atoms with van der Waals surface area (Å²) in [7, 11) is 0. The van der Waals surface area contributed by atoms with Crippen molar-refractivity contribution in [3.05, 3.63) is 47.7 Å². The SMILES string of the molecule is Cc1nc(NCc2ccccn2)cc(C2CNC2)n1. The Morgan fingerprint density at radius 1 is 1.32 bits per heavy atom. The van der Waals surface area contributed by atoms with Crippen LogP contribution >= 0.6 is 0 Å². The Bertz CT molecular complexity index is 551. The van der Waals surface area contributed by atoms with Gasteiger partial charge in [-0.05, 0) is 19.1 Å². The highest BCUT2D eigenvalue weighted by atomic mass is 15.0. The Kier molecular flexibility index (Phi) is 3.37. The minimum Gasteiger partial charge on any atom is -0.364 e. The summed E-state index contributed by atoms with van der Waals surface area (Å²) in [5.74, 6) is 2.21. The zero-order chi connectivity index (χ0) is 13.1. The summed E-state index contributed by atoms with van der Waals surface area (Å²) in [6, 6.07) is 7.94. The number of hydrogen-bond donors (Lipinski definition) is 2. The van der Waals surface area contributed by atoms with Crippen LogP contribution in [0.25, 0.3) is 0 Å². The van der Waals surface area contributed by atoms with Crippen molar-refractivity contribution in [2.75, 3.05) is 18.4 Å². The fourth-order valence-corrected chi connectivity index (χ4v) is 2.07. The maximum atomic E-state index is 4.50. The van der Waals surface area contributed by atoms with E-state index in [1.165, 1.54) is 0 Å². The molecule has 98 valence electrons. The summed E-state index contributed by atoms with van der Waals surface area (Å²) < 4.78 is 0. The smallest absolute Gasteiger partial charge is 0.130 e. The van der Waals surface area contributed by atoms with Crippen LogP contribution in [0.4, 0.5) is 5.82 Å². The lowest BCUT2D eigenvalue weighted by atomic mass is 9.99. The second-order valence-electron chi connectivity index (χ2n) is 4.76. The minimum atomic E-state index is 0.525. The van der Waals surface area contributed by atoms with Crippen molar-refractivity contribution < 1.29 is 0 Å². The third kappa shape index (κ3) is 2.88. The number of hydrogen-bond acceptors (Lipinski definition) is 5. The van der Waals surface area contributed by atoms with Crippen LogP contribution in [-0.4, -0.2) is 28.0 Å². The first kappa shape index (κ1) is 12.0. The van der Waals surface area contributed by atoms with Crippen LogP contribution in [0.2, 0.25) is 0 Å². The second-order valence-corrected chi connectivity index (χ2v) is 4.76. The molecule has 0 radical (unpaired) electrons. The van der Waals surface area contributed by atoms with E-state index in [0.29, 0.717) is 12.5 Å². The zero-order valence-electron chi connectivity index (χ0n) is 10.9. The average Bonchev–Trinajstić information content (AvgIpc) is 2.35. The van der Waals surface area contributed by atoms with Crippen molar-refractivity contribution in [1.82, 2.24) is 20.3 Å². The molecule has 0 spiro atoms. The molecular weight excluding hydrogens is 238 g/mol. The lowest BCUT2D eigenvalue weighted by molar-refractivity contribution is 0.438. The van der Waals surface area contributed by atoms with Gasteiger partial charge in [0.05, 0.1) is 17.9 Å². The van der Waals surface area contributed by atoms with Crippen molar-refractivity contribution in [1.29, 1.82) is 0 Å². The van der Waals surface area contributed by atoms with Gasteiger partial charge in [0.2, 0.25) is 0 Å². The summed E-state index contributed by atoms with van der Waals surface area (Å²) in [4.78, 5) is 13.2. The van der Waals surface area contributed by atoms with Crippen molar-refractivity contribution in [2.24, 2.45) is 0 Å². The molecule has 5 heteroatoms. The summed E-state index contributed by atoms with van der Waals surface area (Å²) in [5, 5.41) is 6.58. The normalized spacial score (nSPS) is 15.0. The molecule has 2 aromatic heterocycles. The van der Waals surface area contributed by atoms with Gasteiger partial charge in [0, 0.05) is 31.3 Å². The number of nitrogens with one attached hydrogen (secondary N) is 2. The average molecular weight is 255 g/mol. The lowest BCUT2D eigenvalue weighted by Gasteiger charge is -2.26. The quantitative estimate of drug-likeness (QED) is 0.866. The van der Waals surface area contributed by atoms with Crippen molar-refractivity contribution >= 4 is 5.82 Å². The van der Waals surface area contributed by atoms with E-state index >= 15 is 0 Å².